The summed E-state index contributed by atoms with van der Waals surface area (Å²) in [5.74, 6) is 3.00. The number of aromatic nitrogens is 5. The van der Waals surface area contributed by atoms with Crippen LogP contribution in [0.3, 0.4) is 0 Å². The van der Waals surface area contributed by atoms with Gasteiger partial charge in [-0.1, -0.05) is 0 Å². The van der Waals surface area contributed by atoms with E-state index >= 15 is 0 Å². The van der Waals surface area contributed by atoms with E-state index in [0.29, 0.717) is 28.9 Å². The van der Waals surface area contributed by atoms with Gasteiger partial charge in [-0.05, 0) is 12.1 Å². The molecule has 0 unspecified atom stereocenters. The smallest absolute Gasteiger partial charge is 0.203 e. The van der Waals surface area contributed by atoms with E-state index in [9.17, 15) is 0 Å². The Hall–Kier alpha value is -3.75. The lowest BCUT2D eigenvalue weighted by molar-refractivity contribution is 0.324. The summed E-state index contributed by atoms with van der Waals surface area (Å²) in [4.78, 5) is 8.69. The van der Waals surface area contributed by atoms with Crippen molar-refractivity contribution in [2.45, 2.75) is 0 Å². The first-order valence-electron chi connectivity index (χ1n) is 8.13. The molecule has 0 aliphatic carbocycles. The molecule has 138 valence electrons. The van der Waals surface area contributed by atoms with E-state index in [1.165, 1.54) is 6.33 Å². The first-order chi connectivity index (χ1) is 13.2. The maximum atomic E-state index is 5.41. The van der Waals surface area contributed by atoms with Crippen molar-refractivity contribution in [3.63, 3.8) is 0 Å². The van der Waals surface area contributed by atoms with Gasteiger partial charge >= 0.3 is 0 Å². The fourth-order valence-electron chi connectivity index (χ4n) is 2.83. The van der Waals surface area contributed by atoms with Gasteiger partial charge in [-0.25, -0.2) is 14.5 Å². The van der Waals surface area contributed by atoms with Crippen molar-refractivity contribution in [1.82, 2.24) is 24.1 Å². The molecule has 1 N–H and O–H groups in total. The number of imidazole rings is 1. The maximum Gasteiger partial charge on any atom is 0.203 e. The lowest BCUT2D eigenvalue weighted by Crippen LogP contribution is -2.00. The average Bonchev–Trinajstić information content (AvgIpc) is 3.36. The quantitative estimate of drug-likeness (QED) is 0.561. The van der Waals surface area contributed by atoms with Gasteiger partial charge in [0.25, 0.3) is 0 Å². The molecule has 3 aromatic heterocycles. The zero-order valence-corrected chi connectivity index (χ0v) is 15.1. The van der Waals surface area contributed by atoms with Crippen molar-refractivity contribution in [3.05, 3.63) is 49.3 Å². The monoisotopic (exact) mass is 366 g/mol. The Bertz CT molecular complexity index is 1060. The zero-order valence-electron chi connectivity index (χ0n) is 15.1. The highest BCUT2D eigenvalue weighted by Crippen LogP contribution is 2.39. The summed E-state index contributed by atoms with van der Waals surface area (Å²) in [7, 11) is 4.74. The SMILES string of the molecule is COc1cc(-n2cnc(Nc3ncnn4cccc34)c2)cc(OC)c1OC. The number of nitrogens with one attached hydrogen (secondary N) is 1. The molecule has 4 rings (SSSR count). The van der Waals surface area contributed by atoms with Crippen LogP contribution in [0, 0.1) is 0 Å². The molecule has 0 aliphatic rings. The molecule has 0 saturated carbocycles. The first-order valence-corrected chi connectivity index (χ1v) is 8.13. The van der Waals surface area contributed by atoms with Gasteiger partial charge in [-0.2, -0.15) is 5.10 Å². The van der Waals surface area contributed by atoms with Gasteiger partial charge < -0.3 is 24.1 Å². The van der Waals surface area contributed by atoms with E-state index < -0.39 is 0 Å². The van der Waals surface area contributed by atoms with Crippen molar-refractivity contribution < 1.29 is 14.2 Å². The summed E-state index contributed by atoms with van der Waals surface area (Å²) >= 11 is 0. The molecule has 1 aromatic carbocycles. The van der Waals surface area contributed by atoms with Crippen LogP contribution in [0.5, 0.6) is 17.2 Å². The molecule has 0 fully saturated rings. The number of rotatable bonds is 6. The van der Waals surface area contributed by atoms with Gasteiger partial charge in [0.15, 0.2) is 17.3 Å². The summed E-state index contributed by atoms with van der Waals surface area (Å²) < 4.78 is 19.8. The van der Waals surface area contributed by atoms with Crippen LogP contribution in [0.15, 0.2) is 49.3 Å². The van der Waals surface area contributed by atoms with Gasteiger partial charge in [0.2, 0.25) is 5.75 Å². The normalized spacial score (nSPS) is 10.8. The summed E-state index contributed by atoms with van der Waals surface area (Å²) in [6, 6.07) is 7.54. The molecule has 4 aromatic rings. The fraction of sp³-hybridized carbons (Fsp3) is 0.167. The number of anilines is 2. The van der Waals surface area contributed by atoms with Crippen molar-refractivity contribution in [3.8, 4) is 22.9 Å². The molecular formula is C18H18N6O3. The second-order valence-corrected chi connectivity index (χ2v) is 5.62. The predicted octanol–water partition coefficient (Wildman–Crippen LogP) is 2.68. The van der Waals surface area contributed by atoms with Gasteiger partial charge in [0, 0.05) is 18.3 Å². The second kappa shape index (κ2) is 6.87. The molecule has 0 atom stereocenters. The van der Waals surface area contributed by atoms with Crippen LogP contribution in [0.25, 0.3) is 11.2 Å². The Morgan fingerprint density at radius 1 is 1.00 bits per heavy atom. The number of hydrogen-bond donors (Lipinski definition) is 1. The average molecular weight is 366 g/mol. The highest BCUT2D eigenvalue weighted by molar-refractivity contribution is 5.71. The Kier molecular flexibility index (Phi) is 4.25. The summed E-state index contributed by atoms with van der Waals surface area (Å²) in [5.41, 5.74) is 1.68. The summed E-state index contributed by atoms with van der Waals surface area (Å²) in [6.07, 6.45) is 6.89. The minimum absolute atomic E-state index is 0.541. The van der Waals surface area contributed by atoms with Crippen molar-refractivity contribution >= 4 is 17.2 Å². The fourth-order valence-corrected chi connectivity index (χ4v) is 2.83. The Morgan fingerprint density at radius 2 is 1.78 bits per heavy atom. The van der Waals surface area contributed by atoms with Crippen LogP contribution >= 0.6 is 0 Å². The molecule has 0 spiro atoms. The predicted molar refractivity (Wildman–Crippen MR) is 99.5 cm³/mol. The third-order valence-electron chi connectivity index (χ3n) is 4.11. The third kappa shape index (κ3) is 2.99. The molecular weight excluding hydrogens is 348 g/mol. The van der Waals surface area contributed by atoms with Crippen molar-refractivity contribution in [1.29, 1.82) is 0 Å². The molecule has 9 nitrogen and oxygen atoms in total. The number of nitrogens with zero attached hydrogens (tertiary/aromatic N) is 5. The van der Waals surface area contributed by atoms with Crippen molar-refractivity contribution in [2.24, 2.45) is 0 Å². The zero-order chi connectivity index (χ0) is 18.8. The van der Waals surface area contributed by atoms with Gasteiger partial charge in [-0.15, -0.1) is 0 Å². The first kappa shape index (κ1) is 16.7. The van der Waals surface area contributed by atoms with E-state index in [2.05, 4.69) is 20.4 Å². The molecule has 3 heterocycles. The largest absolute Gasteiger partial charge is 0.493 e. The van der Waals surface area contributed by atoms with Crippen LogP contribution in [-0.2, 0) is 0 Å². The standard InChI is InChI=1S/C18H18N6O3/c1-25-14-7-12(8-15(26-2)17(14)27-3)23-9-16(20-11-23)22-18-13-5-4-6-24(13)21-10-19-18/h4-11H,1-3H3,(H,19,21,22). The highest BCUT2D eigenvalue weighted by Gasteiger charge is 2.14. The third-order valence-corrected chi connectivity index (χ3v) is 4.11. The van der Waals surface area contributed by atoms with E-state index in [-0.39, 0.29) is 0 Å². The van der Waals surface area contributed by atoms with E-state index in [4.69, 9.17) is 14.2 Å². The Morgan fingerprint density at radius 3 is 2.48 bits per heavy atom. The lowest BCUT2D eigenvalue weighted by Gasteiger charge is -2.14. The minimum Gasteiger partial charge on any atom is -0.493 e. The van der Waals surface area contributed by atoms with E-state index in [0.717, 1.165) is 11.2 Å². The van der Waals surface area contributed by atoms with E-state index in [1.54, 1.807) is 32.2 Å². The van der Waals surface area contributed by atoms with Crippen LogP contribution in [0.2, 0.25) is 0 Å². The molecule has 27 heavy (non-hydrogen) atoms. The van der Waals surface area contributed by atoms with Gasteiger partial charge in [-0.3, -0.25) is 0 Å². The maximum absolute atomic E-state index is 5.41. The number of ether oxygens (including phenoxy) is 3. The number of fused-ring (bicyclic) bond motifs is 1. The van der Waals surface area contributed by atoms with Crippen LogP contribution in [0.4, 0.5) is 11.6 Å². The minimum atomic E-state index is 0.541. The summed E-state index contributed by atoms with van der Waals surface area (Å²) in [6.45, 7) is 0. The molecule has 0 aliphatic heterocycles. The van der Waals surface area contributed by atoms with E-state index in [1.807, 2.05) is 41.2 Å². The number of methoxy groups -OCH3 is 3. The van der Waals surface area contributed by atoms with Crippen LogP contribution in [0.1, 0.15) is 0 Å². The lowest BCUT2D eigenvalue weighted by atomic mass is 10.2. The Balaban J connectivity index is 1.67. The van der Waals surface area contributed by atoms with Crippen molar-refractivity contribution in [2.75, 3.05) is 26.6 Å². The molecule has 0 bridgehead atoms. The summed E-state index contributed by atoms with van der Waals surface area (Å²) in [5, 5.41) is 7.36. The van der Waals surface area contributed by atoms with Gasteiger partial charge in [0.1, 0.15) is 24.0 Å². The number of benzene rings is 1. The second-order valence-electron chi connectivity index (χ2n) is 5.62. The topological polar surface area (TPSA) is 87.7 Å². The van der Waals surface area contributed by atoms with Crippen LogP contribution < -0.4 is 19.5 Å². The number of hydrogen-bond acceptors (Lipinski definition) is 7. The Labute approximate surface area is 155 Å². The molecule has 0 amide bonds. The molecule has 0 saturated heterocycles. The van der Waals surface area contributed by atoms with Crippen LogP contribution in [-0.4, -0.2) is 45.5 Å². The molecule has 9 heteroatoms. The molecule has 0 radical (unpaired) electrons. The van der Waals surface area contributed by atoms with Gasteiger partial charge in [0.05, 0.1) is 33.2 Å². The highest BCUT2D eigenvalue weighted by atomic mass is 16.5.